The molecule has 0 amide bonds. The van der Waals surface area contributed by atoms with Gasteiger partial charge >= 0.3 is 5.97 Å². The molecule has 2 rings (SSSR count). The van der Waals surface area contributed by atoms with E-state index in [4.69, 9.17) is 28.3 Å². The molecule has 0 unspecified atom stereocenters. The Hall–Kier alpha value is -0.940. The van der Waals surface area contributed by atoms with Gasteiger partial charge in [0.1, 0.15) is 0 Å². The van der Waals surface area contributed by atoms with Crippen LogP contribution < -0.4 is 0 Å². The van der Waals surface area contributed by atoms with Crippen LogP contribution in [0.2, 0.25) is 10.0 Å². The number of benzene rings is 1. The molecule has 0 aliphatic carbocycles. The van der Waals surface area contributed by atoms with E-state index in [1.807, 2.05) is 18.2 Å². The highest BCUT2D eigenvalue weighted by atomic mass is 35.5. The molecule has 0 bridgehead atoms. The Morgan fingerprint density at radius 3 is 2.85 bits per heavy atom. The number of aliphatic carboxylic acids is 1. The van der Waals surface area contributed by atoms with Gasteiger partial charge in [-0.25, -0.2) is 4.79 Å². The van der Waals surface area contributed by atoms with Gasteiger partial charge in [-0.1, -0.05) is 23.2 Å². The van der Waals surface area contributed by atoms with E-state index in [2.05, 4.69) is 0 Å². The van der Waals surface area contributed by atoms with Crippen molar-refractivity contribution in [2.45, 2.75) is 10.6 Å². The summed E-state index contributed by atoms with van der Waals surface area (Å²) in [5, 5.41) is 9.92. The van der Waals surface area contributed by atoms with Gasteiger partial charge in [0.05, 0.1) is 5.02 Å². The van der Waals surface area contributed by atoms with Crippen LogP contribution in [0.3, 0.4) is 0 Å². The van der Waals surface area contributed by atoms with E-state index in [9.17, 15) is 4.79 Å². The summed E-state index contributed by atoms with van der Waals surface area (Å²) in [5.41, 5.74) is 0. The van der Waals surface area contributed by atoms with E-state index in [1.54, 1.807) is 41.3 Å². The predicted octanol–water partition coefficient (Wildman–Crippen LogP) is 5.45. The second kappa shape index (κ2) is 7.18. The third kappa shape index (κ3) is 4.56. The van der Waals surface area contributed by atoms with Gasteiger partial charge in [-0.2, -0.15) is 0 Å². The third-order valence-electron chi connectivity index (χ3n) is 2.34. The zero-order valence-electron chi connectivity index (χ0n) is 10.2. The highest BCUT2D eigenvalue weighted by Crippen LogP contribution is 2.33. The normalized spacial score (nSPS) is 11.1. The van der Waals surface area contributed by atoms with Crippen LogP contribution in [-0.2, 0) is 10.5 Å². The largest absolute Gasteiger partial charge is 0.478 e. The van der Waals surface area contributed by atoms with Gasteiger partial charge in [0, 0.05) is 31.5 Å². The average Bonchev–Trinajstić information content (AvgIpc) is 2.85. The van der Waals surface area contributed by atoms with E-state index >= 15 is 0 Å². The molecule has 2 aromatic rings. The minimum Gasteiger partial charge on any atom is -0.478 e. The molecule has 1 N–H and O–H groups in total. The first-order chi connectivity index (χ1) is 9.54. The first-order valence-corrected chi connectivity index (χ1v) is 8.18. The van der Waals surface area contributed by atoms with Crippen LogP contribution in [0.4, 0.5) is 0 Å². The van der Waals surface area contributed by atoms with Crippen molar-refractivity contribution < 1.29 is 9.90 Å². The van der Waals surface area contributed by atoms with Crippen LogP contribution in [-0.4, -0.2) is 11.1 Å². The first-order valence-electron chi connectivity index (χ1n) is 5.62. The summed E-state index contributed by atoms with van der Waals surface area (Å²) in [6.45, 7) is 0. The molecule has 6 heteroatoms. The summed E-state index contributed by atoms with van der Waals surface area (Å²) < 4.78 is 0. The van der Waals surface area contributed by atoms with Crippen LogP contribution >= 0.6 is 46.3 Å². The zero-order valence-corrected chi connectivity index (χ0v) is 13.3. The van der Waals surface area contributed by atoms with Crippen molar-refractivity contribution in [3.63, 3.8) is 0 Å². The summed E-state index contributed by atoms with van der Waals surface area (Å²) in [6.07, 6.45) is 2.73. The molecule has 0 saturated carbocycles. The number of thioether (sulfide) groups is 1. The highest BCUT2D eigenvalue weighted by molar-refractivity contribution is 7.98. The lowest BCUT2D eigenvalue weighted by molar-refractivity contribution is -0.131. The number of hydrogen-bond donors (Lipinski definition) is 1. The monoisotopic (exact) mass is 344 g/mol. The summed E-state index contributed by atoms with van der Waals surface area (Å²) in [4.78, 5) is 13.5. The lowest BCUT2D eigenvalue weighted by Gasteiger charge is -2.03. The number of halogens is 2. The summed E-state index contributed by atoms with van der Waals surface area (Å²) in [6, 6.07) is 9.26. The molecule has 0 saturated heterocycles. The molecule has 0 spiro atoms. The van der Waals surface area contributed by atoms with Gasteiger partial charge in [0.2, 0.25) is 0 Å². The lowest BCUT2D eigenvalue weighted by atomic mass is 10.4. The topological polar surface area (TPSA) is 37.3 Å². The Kier molecular flexibility index (Phi) is 5.54. The Bertz CT molecular complexity index is 650. The molecule has 20 heavy (non-hydrogen) atoms. The second-order valence-electron chi connectivity index (χ2n) is 3.84. The SMILES string of the molecule is O=C(O)C=Cc1ccc(CSc2cc(Cl)ccc2Cl)s1. The Balaban J connectivity index is 2.01. The summed E-state index contributed by atoms with van der Waals surface area (Å²) in [7, 11) is 0. The van der Waals surface area contributed by atoms with Gasteiger partial charge in [-0.15, -0.1) is 23.1 Å². The number of carboxylic acid groups (broad SMARTS) is 1. The van der Waals surface area contributed by atoms with E-state index in [-0.39, 0.29) is 0 Å². The van der Waals surface area contributed by atoms with Crippen molar-refractivity contribution in [1.82, 2.24) is 0 Å². The van der Waals surface area contributed by atoms with E-state index in [1.165, 1.54) is 0 Å². The van der Waals surface area contributed by atoms with Crippen molar-refractivity contribution in [1.29, 1.82) is 0 Å². The van der Waals surface area contributed by atoms with Gasteiger partial charge in [0.15, 0.2) is 0 Å². The molecular formula is C14H10Cl2O2S2. The van der Waals surface area contributed by atoms with E-state index in [0.717, 1.165) is 26.5 Å². The minimum absolute atomic E-state index is 0.660. The maximum absolute atomic E-state index is 10.4. The Morgan fingerprint density at radius 1 is 1.30 bits per heavy atom. The lowest BCUT2D eigenvalue weighted by Crippen LogP contribution is -1.84. The number of hydrogen-bond acceptors (Lipinski definition) is 3. The fraction of sp³-hybridized carbons (Fsp3) is 0.0714. The number of rotatable bonds is 5. The van der Waals surface area contributed by atoms with Crippen LogP contribution in [0.5, 0.6) is 0 Å². The van der Waals surface area contributed by atoms with Crippen LogP contribution in [0, 0.1) is 0 Å². The maximum atomic E-state index is 10.4. The molecule has 0 radical (unpaired) electrons. The standard InChI is InChI=1S/C14H10Cl2O2S2/c15-9-1-5-12(16)13(7-9)19-8-11-3-2-10(20-11)4-6-14(17)18/h1-7H,8H2,(H,17,18). The van der Waals surface area contributed by atoms with Crippen LogP contribution in [0.1, 0.15) is 9.75 Å². The van der Waals surface area contributed by atoms with Gasteiger partial charge in [0.25, 0.3) is 0 Å². The number of thiophene rings is 1. The molecular weight excluding hydrogens is 335 g/mol. The molecule has 0 fully saturated rings. The fourth-order valence-corrected chi connectivity index (χ4v) is 3.90. The van der Waals surface area contributed by atoms with Crippen LogP contribution in [0.25, 0.3) is 6.08 Å². The first kappa shape index (κ1) is 15.4. The van der Waals surface area contributed by atoms with Gasteiger partial charge < -0.3 is 5.11 Å². The number of carboxylic acids is 1. The second-order valence-corrected chi connectivity index (χ2v) is 6.90. The average molecular weight is 345 g/mol. The fourth-order valence-electron chi connectivity index (χ4n) is 1.45. The van der Waals surface area contributed by atoms with E-state index < -0.39 is 5.97 Å². The Labute approximate surface area is 135 Å². The maximum Gasteiger partial charge on any atom is 0.328 e. The molecule has 0 atom stereocenters. The van der Waals surface area contributed by atoms with E-state index in [0.29, 0.717) is 10.0 Å². The summed E-state index contributed by atoms with van der Waals surface area (Å²) in [5.74, 6) is -0.175. The quantitative estimate of drug-likeness (QED) is 0.579. The molecule has 2 nitrogen and oxygen atoms in total. The van der Waals surface area contributed by atoms with Crippen molar-refractivity contribution >= 4 is 58.3 Å². The van der Waals surface area contributed by atoms with Crippen molar-refractivity contribution in [2.75, 3.05) is 0 Å². The number of carbonyl (C=O) groups is 1. The smallest absolute Gasteiger partial charge is 0.328 e. The van der Waals surface area contributed by atoms with Crippen LogP contribution in [0.15, 0.2) is 41.3 Å². The molecule has 0 aliphatic heterocycles. The molecule has 1 aromatic heterocycles. The molecule has 1 aromatic carbocycles. The van der Waals surface area contributed by atoms with Gasteiger partial charge in [-0.3, -0.25) is 0 Å². The molecule has 104 valence electrons. The predicted molar refractivity (Wildman–Crippen MR) is 87.0 cm³/mol. The van der Waals surface area contributed by atoms with Crippen molar-refractivity contribution in [3.8, 4) is 0 Å². The minimum atomic E-state index is -0.944. The zero-order chi connectivity index (χ0) is 14.5. The summed E-state index contributed by atoms with van der Waals surface area (Å²) >= 11 is 15.2. The van der Waals surface area contributed by atoms with Crippen molar-refractivity contribution in [3.05, 3.63) is 56.2 Å². The molecule has 1 heterocycles. The van der Waals surface area contributed by atoms with Crippen molar-refractivity contribution in [2.24, 2.45) is 0 Å². The highest BCUT2D eigenvalue weighted by Gasteiger charge is 2.04. The third-order valence-corrected chi connectivity index (χ3v) is 5.35. The molecule has 0 aliphatic rings. The van der Waals surface area contributed by atoms with Gasteiger partial charge in [-0.05, 0) is 36.4 Å². The Morgan fingerprint density at radius 2 is 2.10 bits per heavy atom.